The van der Waals surface area contributed by atoms with Crippen LogP contribution in [0.2, 0.25) is 13.1 Å². The number of ether oxygens (including phenoxy) is 1. The Morgan fingerprint density at radius 3 is 2.06 bits per heavy atom. The summed E-state index contributed by atoms with van der Waals surface area (Å²) in [4.78, 5) is 41.1. The first-order valence-electron chi connectivity index (χ1n) is 11.7. The largest absolute Gasteiger partial charge is 0.458 e. The van der Waals surface area contributed by atoms with Crippen LogP contribution in [0.15, 0.2) is 36.4 Å². The molecule has 8 heteroatoms. The van der Waals surface area contributed by atoms with Crippen molar-refractivity contribution in [3.63, 3.8) is 0 Å². The van der Waals surface area contributed by atoms with Gasteiger partial charge >= 0.3 is 5.97 Å². The van der Waals surface area contributed by atoms with Gasteiger partial charge < -0.3 is 9.26 Å². The molecule has 0 saturated carbocycles. The smallest absolute Gasteiger partial charge is 0.333 e. The Balaban J connectivity index is 2.03. The molecule has 0 N–H and O–H groups in total. The molecule has 2 amide bonds. The highest BCUT2D eigenvalue weighted by Crippen LogP contribution is 2.47. The van der Waals surface area contributed by atoms with E-state index in [4.69, 9.17) is 9.26 Å². The molecule has 0 aromatic heterocycles. The predicted molar refractivity (Wildman–Crippen MR) is 132 cm³/mol. The number of hydrogen-bond acceptors (Lipinski definition) is 6. The molecule has 2 heterocycles. The summed E-state index contributed by atoms with van der Waals surface area (Å²) in [5, 5.41) is 1.73. The number of esters is 1. The number of fused-ring (bicyclic) bond motifs is 1. The lowest BCUT2D eigenvalue weighted by atomic mass is 9.75. The van der Waals surface area contributed by atoms with Crippen LogP contribution in [0.1, 0.15) is 68.7 Å². The molecule has 0 bridgehead atoms. The Bertz CT molecular complexity index is 972. The van der Waals surface area contributed by atoms with E-state index in [1.54, 1.807) is 29.3 Å². The Labute approximate surface area is 204 Å². The average Bonchev–Trinajstić information content (AvgIpc) is 3.19. The number of rotatable bonds is 6. The number of nitrogens with zero attached hydrogens (tertiary/aromatic N) is 2. The Hall–Kier alpha value is -2.29. The number of benzene rings is 1. The second-order valence-corrected chi connectivity index (χ2v) is 13.5. The van der Waals surface area contributed by atoms with E-state index in [0.717, 1.165) is 0 Å². The van der Waals surface area contributed by atoms with Crippen LogP contribution < -0.4 is 0 Å². The summed E-state index contributed by atoms with van der Waals surface area (Å²) in [5.74, 6) is -1.11. The quantitative estimate of drug-likeness (QED) is 0.256. The number of carbonyl (C=O) groups is 3. The first-order chi connectivity index (χ1) is 15.6. The topological polar surface area (TPSA) is 76.2 Å². The minimum absolute atomic E-state index is 0.0855. The molecule has 2 atom stereocenters. The SMILES string of the molecule is C=C(CN1C(=O)c2ccccc2C1=O)C1(C(=O)OC(C)(C)C)CC(C(C)(C)C)CN1O[Si](C)C. The molecule has 34 heavy (non-hydrogen) atoms. The van der Waals surface area contributed by atoms with Gasteiger partial charge in [-0.15, -0.1) is 0 Å². The van der Waals surface area contributed by atoms with Crippen molar-refractivity contribution in [1.29, 1.82) is 0 Å². The molecule has 185 valence electrons. The fourth-order valence-electron chi connectivity index (χ4n) is 4.51. The van der Waals surface area contributed by atoms with Gasteiger partial charge in [0.25, 0.3) is 11.8 Å². The van der Waals surface area contributed by atoms with E-state index in [-0.39, 0.29) is 29.7 Å². The lowest BCUT2D eigenvalue weighted by Crippen LogP contribution is -2.57. The van der Waals surface area contributed by atoms with Crippen LogP contribution in [-0.4, -0.2) is 61.0 Å². The van der Waals surface area contributed by atoms with Gasteiger partial charge in [-0.05, 0) is 69.3 Å². The summed E-state index contributed by atoms with van der Waals surface area (Å²) in [6, 6.07) is 6.75. The average molecular weight is 486 g/mol. The van der Waals surface area contributed by atoms with Crippen LogP contribution in [0.4, 0.5) is 0 Å². The van der Waals surface area contributed by atoms with E-state index in [0.29, 0.717) is 29.7 Å². The monoisotopic (exact) mass is 485 g/mol. The molecule has 0 spiro atoms. The summed E-state index contributed by atoms with van der Waals surface area (Å²) in [7, 11) is -1.23. The van der Waals surface area contributed by atoms with Crippen LogP contribution in [0.3, 0.4) is 0 Å². The third-order valence-corrected chi connectivity index (χ3v) is 7.01. The number of amides is 2. The summed E-state index contributed by atoms with van der Waals surface area (Å²) >= 11 is 0. The normalized spacial score (nSPS) is 23.6. The van der Waals surface area contributed by atoms with Gasteiger partial charge in [-0.3, -0.25) is 14.5 Å². The molecule has 2 aliphatic rings. The van der Waals surface area contributed by atoms with Crippen molar-refractivity contribution < 1.29 is 23.6 Å². The van der Waals surface area contributed by atoms with Gasteiger partial charge in [0.1, 0.15) is 5.60 Å². The third kappa shape index (κ3) is 4.90. The molecule has 1 fully saturated rings. The van der Waals surface area contributed by atoms with E-state index in [1.165, 1.54) is 4.90 Å². The van der Waals surface area contributed by atoms with Crippen LogP contribution in [-0.2, 0) is 14.1 Å². The lowest BCUT2D eigenvalue weighted by Gasteiger charge is -2.40. The van der Waals surface area contributed by atoms with Gasteiger partial charge in [0.15, 0.2) is 5.54 Å². The second kappa shape index (κ2) is 9.05. The number of hydroxylamine groups is 2. The Kier molecular flexibility index (Phi) is 7.01. The Morgan fingerprint density at radius 2 is 1.62 bits per heavy atom. The highest BCUT2D eigenvalue weighted by Gasteiger charge is 2.58. The molecule has 7 nitrogen and oxygen atoms in total. The van der Waals surface area contributed by atoms with Crippen molar-refractivity contribution in [2.24, 2.45) is 11.3 Å². The standard InChI is InChI=1S/C26H37N2O5Si/c1-17(15-27-21(29)19-12-10-11-13-20(19)22(27)30)26(23(31)32-25(5,6)7)14-18(24(2,3)4)16-28(26)33-34(8)9/h10-13,18H,1,14-16H2,2-9H3. The van der Waals surface area contributed by atoms with Gasteiger partial charge in [0.05, 0.1) is 17.7 Å². The van der Waals surface area contributed by atoms with Crippen molar-refractivity contribution in [1.82, 2.24) is 9.96 Å². The second-order valence-electron chi connectivity index (χ2n) is 11.5. The molecule has 1 saturated heterocycles. The minimum atomic E-state index is -1.30. The van der Waals surface area contributed by atoms with Crippen molar-refractivity contribution in [2.45, 2.75) is 72.2 Å². The molecular formula is C26H37N2O5Si. The molecule has 0 aliphatic carbocycles. The van der Waals surface area contributed by atoms with E-state index < -0.39 is 26.1 Å². The number of carbonyl (C=O) groups excluding carboxylic acids is 3. The molecule has 3 rings (SSSR count). The van der Waals surface area contributed by atoms with Crippen molar-refractivity contribution >= 4 is 26.8 Å². The maximum absolute atomic E-state index is 13.9. The molecule has 1 aromatic carbocycles. The summed E-state index contributed by atoms with van der Waals surface area (Å²) in [6.45, 7) is 20.6. The van der Waals surface area contributed by atoms with Gasteiger partial charge in [-0.2, -0.15) is 5.06 Å². The van der Waals surface area contributed by atoms with Gasteiger partial charge in [0, 0.05) is 6.54 Å². The maximum atomic E-state index is 13.9. The van der Waals surface area contributed by atoms with E-state index in [1.807, 2.05) is 33.9 Å². The van der Waals surface area contributed by atoms with Crippen LogP contribution in [0.5, 0.6) is 0 Å². The Morgan fingerprint density at radius 1 is 1.09 bits per heavy atom. The van der Waals surface area contributed by atoms with Crippen LogP contribution in [0, 0.1) is 11.3 Å². The van der Waals surface area contributed by atoms with Crippen LogP contribution >= 0.6 is 0 Å². The van der Waals surface area contributed by atoms with E-state index >= 15 is 0 Å². The number of hydrogen-bond donors (Lipinski definition) is 0. The maximum Gasteiger partial charge on any atom is 0.333 e. The van der Waals surface area contributed by atoms with Crippen molar-refractivity contribution in [2.75, 3.05) is 13.1 Å². The molecule has 2 unspecified atom stereocenters. The van der Waals surface area contributed by atoms with E-state index in [9.17, 15) is 14.4 Å². The molecule has 1 radical (unpaired) electrons. The van der Waals surface area contributed by atoms with Crippen molar-refractivity contribution in [3.05, 3.63) is 47.5 Å². The summed E-state index contributed by atoms with van der Waals surface area (Å²) in [6.07, 6.45) is 0.433. The summed E-state index contributed by atoms with van der Waals surface area (Å²) < 4.78 is 12.2. The molecule has 2 aliphatic heterocycles. The zero-order valence-electron chi connectivity index (χ0n) is 21.7. The fourth-order valence-corrected chi connectivity index (χ4v) is 5.18. The number of imide groups is 1. The highest BCUT2D eigenvalue weighted by molar-refractivity contribution is 6.48. The van der Waals surface area contributed by atoms with Crippen LogP contribution in [0.25, 0.3) is 0 Å². The van der Waals surface area contributed by atoms with Crippen molar-refractivity contribution in [3.8, 4) is 0 Å². The minimum Gasteiger partial charge on any atom is -0.458 e. The van der Waals surface area contributed by atoms with Gasteiger partial charge in [0.2, 0.25) is 9.04 Å². The first kappa shape index (κ1) is 26.3. The predicted octanol–water partition coefficient (Wildman–Crippen LogP) is 4.47. The summed E-state index contributed by atoms with van der Waals surface area (Å²) in [5.41, 5.74) is -0.973. The molecular weight excluding hydrogens is 448 g/mol. The zero-order valence-corrected chi connectivity index (χ0v) is 22.7. The third-order valence-electron chi connectivity index (χ3n) is 6.42. The zero-order chi connectivity index (χ0) is 25.6. The van der Waals surface area contributed by atoms with Gasteiger partial charge in [-0.25, -0.2) is 4.79 Å². The highest BCUT2D eigenvalue weighted by atomic mass is 28.3. The first-order valence-corrected chi connectivity index (χ1v) is 14.1. The van der Waals surface area contributed by atoms with E-state index in [2.05, 4.69) is 27.4 Å². The fraction of sp³-hybridized carbons (Fsp3) is 0.577. The molecule has 1 aromatic rings. The lowest BCUT2D eigenvalue weighted by molar-refractivity contribution is -0.185. The van der Waals surface area contributed by atoms with Gasteiger partial charge in [-0.1, -0.05) is 39.5 Å².